The lowest BCUT2D eigenvalue weighted by Crippen LogP contribution is -2.57. The van der Waals surface area contributed by atoms with Gasteiger partial charge in [-0.2, -0.15) is 0 Å². The molecule has 0 atom stereocenters. The van der Waals surface area contributed by atoms with E-state index in [0.29, 0.717) is 13.0 Å². The van der Waals surface area contributed by atoms with E-state index < -0.39 is 0 Å². The first-order chi connectivity index (χ1) is 9.77. The number of hydrogen-bond donors (Lipinski definition) is 1. The highest BCUT2D eigenvalue weighted by Crippen LogP contribution is 2.27. The van der Waals surface area contributed by atoms with Crippen LogP contribution in [0, 0.1) is 0 Å². The van der Waals surface area contributed by atoms with Gasteiger partial charge in [-0.05, 0) is 31.5 Å². The maximum absolute atomic E-state index is 12.4. The van der Waals surface area contributed by atoms with Crippen molar-refractivity contribution >= 4 is 18.3 Å². The van der Waals surface area contributed by atoms with Crippen LogP contribution in [-0.4, -0.2) is 49.2 Å². The monoisotopic (exact) mass is 310 g/mol. The topological polar surface area (TPSA) is 41.6 Å². The Morgan fingerprint density at radius 1 is 1.24 bits per heavy atom. The Balaban J connectivity index is 0.00000161. The van der Waals surface area contributed by atoms with Crippen molar-refractivity contribution in [3.8, 4) is 0 Å². The van der Waals surface area contributed by atoms with E-state index in [1.54, 1.807) is 0 Å². The normalized spacial score (nSPS) is 20.9. The van der Waals surface area contributed by atoms with Crippen molar-refractivity contribution in [2.75, 3.05) is 32.8 Å². The number of nitrogens with one attached hydrogen (secondary N) is 1. The third-order valence-electron chi connectivity index (χ3n) is 4.31. The lowest BCUT2D eigenvalue weighted by Gasteiger charge is -2.45. The Morgan fingerprint density at radius 3 is 2.67 bits per heavy atom. The molecule has 3 rings (SSSR count). The van der Waals surface area contributed by atoms with Gasteiger partial charge < -0.3 is 15.0 Å². The molecular weight excluding hydrogens is 288 g/mol. The van der Waals surface area contributed by atoms with Crippen molar-refractivity contribution in [3.05, 3.63) is 35.9 Å². The summed E-state index contributed by atoms with van der Waals surface area (Å²) in [5.41, 5.74) is 0.985. The Morgan fingerprint density at radius 2 is 1.95 bits per heavy atom. The maximum atomic E-state index is 12.4. The van der Waals surface area contributed by atoms with Crippen molar-refractivity contribution in [1.29, 1.82) is 0 Å². The second-order valence-electron chi connectivity index (χ2n) is 5.76. The van der Waals surface area contributed by atoms with Gasteiger partial charge in [0.05, 0.1) is 18.6 Å². The minimum absolute atomic E-state index is 0. The molecule has 0 unspecified atom stereocenters. The fraction of sp³-hybridized carbons (Fsp3) is 0.562. The summed E-state index contributed by atoms with van der Waals surface area (Å²) in [6.45, 7) is 4.11. The van der Waals surface area contributed by atoms with Crippen molar-refractivity contribution in [2.24, 2.45) is 0 Å². The van der Waals surface area contributed by atoms with E-state index in [1.165, 1.54) is 0 Å². The zero-order valence-corrected chi connectivity index (χ0v) is 13.0. The molecule has 0 radical (unpaired) electrons. The van der Waals surface area contributed by atoms with Gasteiger partial charge in [0.1, 0.15) is 0 Å². The van der Waals surface area contributed by atoms with E-state index >= 15 is 0 Å². The lowest BCUT2D eigenvalue weighted by molar-refractivity contribution is -0.154. The summed E-state index contributed by atoms with van der Waals surface area (Å²) in [4.78, 5) is 14.4. The van der Waals surface area contributed by atoms with Crippen LogP contribution >= 0.6 is 12.4 Å². The molecule has 2 aliphatic rings. The smallest absolute Gasteiger partial charge is 0.227 e. The highest BCUT2D eigenvalue weighted by molar-refractivity contribution is 5.85. The fourth-order valence-corrected chi connectivity index (χ4v) is 3.12. The van der Waals surface area contributed by atoms with E-state index in [4.69, 9.17) is 4.74 Å². The van der Waals surface area contributed by atoms with Crippen LogP contribution in [0.25, 0.3) is 0 Å². The number of amides is 1. The lowest BCUT2D eigenvalue weighted by atomic mass is 9.90. The summed E-state index contributed by atoms with van der Waals surface area (Å²) in [6.07, 6.45) is 2.50. The van der Waals surface area contributed by atoms with Gasteiger partial charge in [-0.1, -0.05) is 30.3 Å². The molecule has 2 saturated heterocycles. The number of carbonyl (C=O) groups is 1. The summed E-state index contributed by atoms with van der Waals surface area (Å²) in [7, 11) is 0. The van der Waals surface area contributed by atoms with Gasteiger partial charge in [0, 0.05) is 13.1 Å². The van der Waals surface area contributed by atoms with E-state index in [-0.39, 0.29) is 23.9 Å². The predicted octanol–water partition coefficient (Wildman–Crippen LogP) is 1.63. The number of rotatable bonds is 2. The van der Waals surface area contributed by atoms with Crippen molar-refractivity contribution in [3.63, 3.8) is 0 Å². The molecule has 1 aromatic carbocycles. The third-order valence-corrected chi connectivity index (χ3v) is 4.31. The molecule has 1 amide bonds. The first-order valence-electron chi connectivity index (χ1n) is 7.44. The van der Waals surface area contributed by atoms with Gasteiger partial charge in [-0.15, -0.1) is 12.4 Å². The van der Waals surface area contributed by atoms with Crippen molar-refractivity contribution in [1.82, 2.24) is 10.2 Å². The first-order valence-corrected chi connectivity index (χ1v) is 7.44. The molecule has 4 nitrogen and oxygen atoms in total. The molecule has 116 valence electrons. The van der Waals surface area contributed by atoms with E-state index in [0.717, 1.165) is 44.6 Å². The number of carbonyl (C=O) groups excluding carboxylic acids is 1. The molecule has 0 aliphatic carbocycles. The summed E-state index contributed by atoms with van der Waals surface area (Å²) in [5, 5.41) is 3.36. The number of hydrogen-bond acceptors (Lipinski definition) is 3. The average molecular weight is 311 g/mol. The van der Waals surface area contributed by atoms with E-state index in [9.17, 15) is 4.79 Å². The van der Waals surface area contributed by atoms with Crippen LogP contribution in [0.1, 0.15) is 18.4 Å². The van der Waals surface area contributed by atoms with Crippen LogP contribution in [0.5, 0.6) is 0 Å². The number of piperidine rings is 1. The van der Waals surface area contributed by atoms with Gasteiger partial charge in [-0.3, -0.25) is 4.79 Å². The zero-order valence-electron chi connectivity index (χ0n) is 12.2. The van der Waals surface area contributed by atoms with Crippen molar-refractivity contribution < 1.29 is 9.53 Å². The Labute approximate surface area is 132 Å². The summed E-state index contributed by atoms with van der Waals surface area (Å²) < 4.78 is 6.00. The van der Waals surface area contributed by atoms with Crippen LogP contribution in [0.15, 0.2) is 30.3 Å². The minimum atomic E-state index is -0.101. The average Bonchev–Trinajstić information content (AvgIpc) is 2.49. The van der Waals surface area contributed by atoms with Crippen LogP contribution in [0.3, 0.4) is 0 Å². The molecule has 5 heteroatoms. The predicted molar refractivity (Wildman–Crippen MR) is 84.8 cm³/mol. The van der Waals surface area contributed by atoms with E-state index in [2.05, 4.69) is 5.32 Å². The number of halogens is 1. The molecule has 0 aromatic heterocycles. The molecule has 0 saturated carbocycles. The molecule has 2 fully saturated rings. The van der Waals surface area contributed by atoms with Gasteiger partial charge in [0.2, 0.25) is 5.91 Å². The second-order valence-corrected chi connectivity index (χ2v) is 5.76. The van der Waals surface area contributed by atoms with Gasteiger partial charge >= 0.3 is 0 Å². The SMILES string of the molecule is Cl.O=C(Cc1ccccc1)N1CCOC2(CCNCC2)C1. The number of ether oxygens (including phenoxy) is 1. The van der Waals surface area contributed by atoms with Gasteiger partial charge in [0.15, 0.2) is 0 Å². The number of morpholine rings is 1. The zero-order chi connectivity index (χ0) is 13.8. The molecule has 0 bridgehead atoms. The summed E-state index contributed by atoms with van der Waals surface area (Å²) in [5.74, 6) is 0.220. The summed E-state index contributed by atoms with van der Waals surface area (Å²) in [6, 6.07) is 9.97. The van der Waals surface area contributed by atoms with E-state index in [1.807, 2.05) is 35.2 Å². The Bertz CT molecular complexity index is 455. The molecular formula is C16H23ClN2O2. The highest BCUT2D eigenvalue weighted by atomic mass is 35.5. The fourth-order valence-electron chi connectivity index (χ4n) is 3.12. The molecule has 1 N–H and O–H groups in total. The van der Waals surface area contributed by atoms with Gasteiger partial charge in [-0.25, -0.2) is 0 Å². The van der Waals surface area contributed by atoms with Crippen LogP contribution in [-0.2, 0) is 16.0 Å². The molecule has 21 heavy (non-hydrogen) atoms. The Kier molecular flexibility index (Phi) is 5.62. The van der Waals surface area contributed by atoms with Crippen molar-refractivity contribution in [2.45, 2.75) is 24.9 Å². The van der Waals surface area contributed by atoms with Crippen LogP contribution < -0.4 is 5.32 Å². The molecule has 2 aliphatic heterocycles. The quantitative estimate of drug-likeness (QED) is 0.903. The molecule has 2 heterocycles. The Hall–Kier alpha value is -1.10. The molecule has 1 spiro atoms. The van der Waals surface area contributed by atoms with Crippen LogP contribution in [0.2, 0.25) is 0 Å². The number of benzene rings is 1. The summed E-state index contributed by atoms with van der Waals surface area (Å²) >= 11 is 0. The largest absolute Gasteiger partial charge is 0.371 e. The number of nitrogens with zero attached hydrogens (tertiary/aromatic N) is 1. The maximum Gasteiger partial charge on any atom is 0.227 e. The molecule has 1 aromatic rings. The second kappa shape index (κ2) is 7.25. The minimum Gasteiger partial charge on any atom is -0.371 e. The van der Waals surface area contributed by atoms with Gasteiger partial charge in [0.25, 0.3) is 0 Å². The highest BCUT2D eigenvalue weighted by Gasteiger charge is 2.39. The first kappa shape index (κ1) is 16.3. The van der Waals surface area contributed by atoms with Crippen LogP contribution in [0.4, 0.5) is 0 Å². The standard InChI is InChI=1S/C16H22N2O2.ClH/c19-15(12-14-4-2-1-3-5-14)18-10-11-20-16(13-18)6-8-17-9-7-16;/h1-5,17H,6-13H2;1H. The third kappa shape index (κ3) is 3.96.